The minimum absolute atomic E-state index is 0.160. The van der Waals surface area contributed by atoms with E-state index in [-0.39, 0.29) is 5.91 Å². The lowest BCUT2D eigenvalue weighted by Crippen LogP contribution is -2.33. The maximum absolute atomic E-state index is 12.2. The highest BCUT2D eigenvalue weighted by molar-refractivity contribution is 5.82. The van der Waals surface area contributed by atoms with Gasteiger partial charge in [-0.3, -0.25) is 4.79 Å². The Morgan fingerprint density at radius 2 is 1.83 bits per heavy atom. The van der Waals surface area contributed by atoms with Crippen molar-refractivity contribution in [3.63, 3.8) is 0 Å². The molecule has 1 atom stereocenters. The number of hydrogen-bond donors (Lipinski definition) is 2. The highest BCUT2D eigenvalue weighted by Crippen LogP contribution is 2.11. The molecule has 0 aliphatic rings. The molecule has 0 saturated heterocycles. The standard InChI is InChI=1S/C19H25N3O/c1-3-22(2)14-16-9-7-8-15(12-16)13-21-19(23)18(20)17-10-5-4-6-11-17/h4-12,18H,3,13-14,20H2,1-2H3,(H,21,23). The van der Waals surface area contributed by atoms with Crippen LogP contribution in [0.15, 0.2) is 54.6 Å². The lowest BCUT2D eigenvalue weighted by Gasteiger charge is -2.15. The van der Waals surface area contributed by atoms with Crippen LogP contribution < -0.4 is 11.1 Å². The lowest BCUT2D eigenvalue weighted by molar-refractivity contribution is -0.122. The van der Waals surface area contributed by atoms with Crippen molar-refractivity contribution < 1.29 is 4.79 Å². The molecule has 0 saturated carbocycles. The fourth-order valence-electron chi connectivity index (χ4n) is 2.37. The van der Waals surface area contributed by atoms with Gasteiger partial charge in [0.05, 0.1) is 0 Å². The first-order valence-corrected chi connectivity index (χ1v) is 7.94. The summed E-state index contributed by atoms with van der Waals surface area (Å²) >= 11 is 0. The fraction of sp³-hybridized carbons (Fsp3) is 0.316. The zero-order chi connectivity index (χ0) is 16.7. The molecule has 0 aromatic heterocycles. The average Bonchev–Trinajstić information content (AvgIpc) is 2.60. The number of nitrogens with one attached hydrogen (secondary N) is 1. The second-order valence-corrected chi connectivity index (χ2v) is 5.76. The third kappa shape index (κ3) is 5.20. The van der Waals surface area contributed by atoms with Crippen LogP contribution in [-0.4, -0.2) is 24.4 Å². The Hall–Kier alpha value is -2.17. The van der Waals surface area contributed by atoms with Crippen LogP contribution in [0.1, 0.15) is 29.7 Å². The first-order valence-electron chi connectivity index (χ1n) is 7.94. The number of benzene rings is 2. The molecule has 0 radical (unpaired) electrons. The van der Waals surface area contributed by atoms with Crippen LogP contribution in [0.2, 0.25) is 0 Å². The van der Waals surface area contributed by atoms with E-state index < -0.39 is 6.04 Å². The summed E-state index contributed by atoms with van der Waals surface area (Å²) in [6.45, 7) is 4.53. The summed E-state index contributed by atoms with van der Waals surface area (Å²) in [7, 11) is 2.09. The van der Waals surface area contributed by atoms with Gasteiger partial charge in [-0.1, -0.05) is 61.5 Å². The van der Waals surface area contributed by atoms with Gasteiger partial charge in [0, 0.05) is 13.1 Å². The highest BCUT2D eigenvalue weighted by atomic mass is 16.2. The molecule has 1 amide bonds. The van der Waals surface area contributed by atoms with Crippen LogP contribution >= 0.6 is 0 Å². The summed E-state index contributed by atoms with van der Waals surface area (Å²) < 4.78 is 0. The van der Waals surface area contributed by atoms with Crippen LogP contribution in [0.4, 0.5) is 0 Å². The summed E-state index contributed by atoms with van der Waals surface area (Å²) in [4.78, 5) is 14.4. The monoisotopic (exact) mass is 311 g/mol. The zero-order valence-electron chi connectivity index (χ0n) is 13.8. The van der Waals surface area contributed by atoms with Gasteiger partial charge in [-0.05, 0) is 30.3 Å². The summed E-state index contributed by atoms with van der Waals surface area (Å²) in [5.74, 6) is -0.160. The minimum atomic E-state index is -0.634. The Morgan fingerprint density at radius 1 is 1.13 bits per heavy atom. The van der Waals surface area contributed by atoms with Gasteiger partial charge in [0.25, 0.3) is 0 Å². The second kappa shape index (κ2) is 8.46. The minimum Gasteiger partial charge on any atom is -0.350 e. The van der Waals surface area contributed by atoms with E-state index in [1.54, 1.807) is 0 Å². The molecule has 2 aromatic carbocycles. The van der Waals surface area contributed by atoms with Crippen molar-refractivity contribution in [1.82, 2.24) is 10.2 Å². The van der Waals surface area contributed by atoms with E-state index in [1.165, 1.54) is 5.56 Å². The van der Waals surface area contributed by atoms with Gasteiger partial charge in [0.2, 0.25) is 5.91 Å². The van der Waals surface area contributed by atoms with E-state index in [0.29, 0.717) is 6.54 Å². The van der Waals surface area contributed by atoms with Crippen molar-refractivity contribution in [2.75, 3.05) is 13.6 Å². The van der Waals surface area contributed by atoms with Gasteiger partial charge in [-0.2, -0.15) is 0 Å². The third-order valence-electron chi connectivity index (χ3n) is 3.89. The molecule has 4 nitrogen and oxygen atoms in total. The predicted octanol–water partition coefficient (Wildman–Crippen LogP) is 2.45. The van der Waals surface area contributed by atoms with E-state index in [1.807, 2.05) is 42.5 Å². The number of carbonyl (C=O) groups excluding carboxylic acids is 1. The Labute approximate surface area is 138 Å². The molecule has 0 fully saturated rings. The van der Waals surface area contributed by atoms with Crippen LogP contribution in [0.25, 0.3) is 0 Å². The molecule has 0 heterocycles. The maximum atomic E-state index is 12.2. The Balaban J connectivity index is 1.92. The van der Waals surface area contributed by atoms with Gasteiger partial charge < -0.3 is 16.0 Å². The first-order chi connectivity index (χ1) is 11.1. The van der Waals surface area contributed by atoms with Crippen molar-refractivity contribution in [3.05, 3.63) is 71.3 Å². The van der Waals surface area contributed by atoms with Crippen LogP contribution in [0.5, 0.6) is 0 Å². The number of rotatable bonds is 7. The van der Waals surface area contributed by atoms with Crippen molar-refractivity contribution in [2.45, 2.75) is 26.1 Å². The topological polar surface area (TPSA) is 58.4 Å². The van der Waals surface area contributed by atoms with Crippen LogP contribution in [0.3, 0.4) is 0 Å². The Morgan fingerprint density at radius 3 is 2.52 bits per heavy atom. The predicted molar refractivity (Wildman–Crippen MR) is 93.7 cm³/mol. The zero-order valence-corrected chi connectivity index (χ0v) is 13.8. The summed E-state index contributed by atoms with van der Waals surface area (Å²) in [5.41, 5.74) is 9.15. The normalized spacial score (nSPS) is 12.2. The summed E-state index contributed by atoms with van der Waals surface area (Å²) in [6.07, 6.45) is 0. The second-order valence-electron chi connectivity index (χ2n) is 5.76. The van der Waals surface area contributed by atoms with Crippen LogP contribution in [-0.2, 0) is 17.9 Å². The lowest BCUT2D eigenvalue weighted by atomic mass is 10.1. The van der Waals surface area contributed by atoms with Gasteiger partial charge in [-0.25, -0.2) is 0 Å². The van der Waals surface area contributed by atoms with E-state index in [0.717, 1.165) is 24.2 Å². The van der Waals surface area contributed by atoms with E-state index in [4.69, 9.17) is 5.73 Å². The number of carbonyl (C=O) groups is 1. The van der Waals surface area contributed by atoms with Gasteiger partial charge in [0.1, 0.15) is 6.04 Å². The maximum Gasteiger partial charge on any atom is 0.241 e. The van der Waals surface area contributed by atoms with Crippen molar-refractivity contribution in [3.8, 4) is 0 Å². The van der Waals surface area contributed by atoms with E-state index in [2.05, 4.69) is 36.3 Å². The van der Waals surface area contributed by atoms with E-state index in [9.17, 15) is 4.79 Å². The molecule has 4 heteroatoms. The molecule has 2 aromatic rings. The Kier molecular flexibility index (Phi) is 6.32. The fourth-order valence-corrected chi connectivity index (χ4v) is 2.37. The average molecular weight is 311 g/mol. The quantitative estimate of drug-likeness (QED) is 0.826. The van der Waals surface area contributed by atoms with Crippen molar-refractivity contribution in [1.29, 1.82) is 0 Å². The highest BCUT2D eigenvalue weighted by Gasteiger charge is 2.14. The molecule has 0 aliphatic heterocycles. The van der Waals surface area contributed by atoms with Gasteiger partial charge in [0.15, 0.2) is 0 Å². The first kappa shape index (κ1) is 17.2. The number of nitrogens with zero attached hydrogens (tertiary/aromatic N) is 1. The molecular formula is C19H25N3O. The molecule has 2 rings (SSSR count). The smallest absolute Gasteiger partial charge is 0.241 e. The van der Waals surface area contributed by atoms with E-state index >= 15 is 0 Å². The number of nitrogens with two attached hydrogens (primary N) is 1. The summed E-state index contributed by atoms with van der Waals surface area (Å²) in [6, 6.07) is 17.1. The molecular weight excluding hydrogens is 286 g/mol. The van der Waals surface area contributed by atoms with Crippen LogP contribution in [0, 0.1) is 0 Å². The molecule has 122 valence electrons. The molecule has 0 bridgehead atoms. The summed E-state index contributed by atoms with van der Waals surface area (Å²) in [5, 5.41) is 2.91. The number of hydrogen-bond acceptors (Lipinski definition) is 3. The molecule has 0 aliphatic carbocycles. The van der Waals surface area contributed by atoms with Crippen molar-refractivity contribution in [2.24, 2.45) is 5.73 Å². The largest absolute Gasteiger partial charge is 0.350 e. The molecule has 23 heavy (non-hydrogen) atoms. The number of amides is 1. The SMILES string of the molecule is CCN(C)Cc1cccc(CNC(=O)C(N)c2ccccc2)c1. The van der Waals surface area contributed by atoms with Gasteiger partial charge >= 0.3 is 0 Å². The molecule has 1 unspecified atom stereocenters. The molecule has 3 N–H and O–H groups in total. The van der Waals surface area contributed by atoms with Gasteiger partial charge in [-0.15, -0.1) is 0 Å². The van der Waals surface area contributed by atoms with Crippen molar-refractivity contribution >= 4 is 5.91 Å². The molecule has 0 spiro atoms. The Bertz CT molecular complexity index is 628. The third-order valence-corrected chi connectivity index (χ3v) is 3.89.